The lowest BCUT2D eigenvalue weighted by molar-refractivity contribution is 0.316. The molecule has 0 heterocycles. The van der Waals surface area contributed by atoms with Crippen molar-refractivity contribution in [2.24, 2.45) is 11.5 Å². The van der Waals surface area contributed by atoms with Crippen LogP contribution in [0.2, 0.25) is 0 Å². The second-order valence-corrected chi connectivity index (χ2v) is 4.26. The summed E-state index contributed by atoms with van der Waals surface area (Å²) in [6.07, 6.45) is 0.658. The fourth-order valence-electron chi connectivity index (χ4n) is 1.58. The molecular formula is C12H19F2N3. The third kappa shape index (κ3) is 4.77. The van der Waals surface area contributed by atoms with Crippen molar-refractivity contribution in [3.63, 3.8) is 0 Å². The molecule has 5 heteroatoms. The fourth-order valence-corrected chi connectivity index (χ4v) is 1.58. The van der Waals surface area contributed by atoms with Crippen molar-refractivity contribution < 1.29 is 8.78 Å². The van der Waals surface area contributed by atoms with E-state index in [0.717, 1.165) is 18.2 Å². The summed E-state index contributed by atoms with van der Waals surface area (Å²) in [5.41, 5.74) is 11.9. The molecule has 17 heavy (non-hydrogen) atoms. The van der Waals surface area contributed by atoms with Gasteiger partial charge in [0.15, 0.2) is 11.6 Å². The van der Waals surface area contributed by atoms with Crippen LogP contribution in [0.15, 0.2) is 18.2 Å². The van der Waals surface area contributed by atoms with Crippen LogP contribution in [0.25, 0.3) is 0 Å². The summed E-state index contributed by atoms with van der Waals surface area (Å²) >= 11 is 0. The lowest BCUT2D eigenvalue weighted by Crippen LogP contribution is -2.41. The van der Waals surface area contributed by atoms with Crippen molar-refractivity contribution in [3.8, 4) is 0 Å². The van der Waals surface area contributed by atoms with Gasteiger partial charge in [-0.25, -0.2) is 8.78 Å². The summed E-state index contributed by atoms with van der Waals surface area (Å²) in [5.74, 6) is -1.61. The minimum absolute atomic E-state index is 0.0510. The van der Waals surface area contributed by atoms with Crippen LogP contribution in [-0.2, 0) is 6.42 Å². The number of rotatable bonds is 6. The van der Waals surface area contributed by atoms with E-state index in [1.54, 1.807) is 6.07 Å². The van der Waals surface area contributed by atoms with Crippen molar-refractivity contribution >= 4 is 0 Å². The van der Waals surface area contributed by atoms with Gasteiger partial charge in [-0.2, -0.15) is 0 Å². The predicted molar refractivity (Wildman–Crippen MR) is 64.6 cm³/mol. The average Bonchev–Trinajstić information content (AvgIpc) is 2.30. The molecule has 1 atom stereocenters. The first kappa shape index (κ1) is 14.0. The summed E-state index contributed by atoms with van der Waals surface area (Å²) in [6.45, 7) is 1.87. The van der Waals surface area contributed by atoms with Gasteiger partial charge in [0.2, 0.25) is 0 Å². The molecule has 0 aliphatic heterocycles. The molecule has 0 fully saturated rings. The van der Waals surface area contributed by atoms with Gasteiger partial charge in [-0.15, -0.1) is 0 Å². The Labute approximate surface area is 100 Å². The smallest absolute Gasteiger partial charge is 0.159 e. The van der Waals surface area contributed by atoms with E-state index >= 15 is 0 Å². The monoisotopic (exact) mass is 243 g/mol. The van der Waals surface area contributed by atoms with Gasteiger partial charge >= 0.3 is 0 Å². The van der Waals surface area contributed by atoms with Crippen molar-refractivity contribution in [1.82, 2.24) is 4.90 Å². The molecule has 0 saturated heterocycles. The van der Waals surface area contributed by atoms with Gasteiger partial charge in [0.05, 0.1) is 0 Å². The zero-order valence-corrected chi connectivity index (χ0v) is 10.00. The summed E-state index contributed by atoms with van der Waals surface area (Å²) in [7, 11) is 1.93. The average molecular weight is 243 g/mol. The molecule has 0 aliphatic rings. The Morgan fingerprint density at radius 2 is 2.00 bits per heavy atom. The Bertz CT molecular complexity index is 358. The SMILES string of the molecule is CN(CCc1ccc(F)c(F)c1)CC(N)CN. The van der Waals surface area contributed by atoms with E-state index in [1.165, 1.54) is 6.07 Å². The first-order chi connectivity index (χ1) is 8.02. The van der Waals surface area contributed by atoms with Crippen LogP contribution in [-0.4, -0.2) is 37.6 Å². The summed E-state index contributed by atoms with van der Waals surface area (Å²) in [5, 5.41) is 0. The number of halogens is 2. The fraction of sp³-hybridized carbons (Fsp3) is 0.500. The molecular weight excluding hydrogens is 224 g/mol. The highest BCUT2D eigenvalue weighted by Gasteiger charge is 2.06. The molecule has 0 amide bonds. The minimum Gasteiger partial charge on any atom is -0.329 e. The number of likely N-dealkylation sites (N-methyl/N-ethyl adjacent to an activating group) is 1. The number of nitrogens with two attached hydrogens (primary N) is 2. The van der Waals surface area contributed by atoms with E-state index in [9.17, 15) is 8.78 Å². The molecule has 0 aliphatic carbocycles. The largest absolute Gasteiger partial charge is 0.329 e. The zero-order chi connectivity index (χ0) is 12.8. The molecule has 0 spiro atoms. The molecule has 0 aromatic heterocycles. The Balaban J connectivity index is 2.42. The Hall–Kier alpha value is -1.04. The lowest BCUT2D eigenvalue weighted by Gasteiger charge is -2.20. The molecule has 1 aromatic carbocycles. The van der Waals surface area contributed by atoms with Gasteiger partial charge < -0.3 is 16.4 Å². The maximum absolute atomic E-state index is 12.9. The third-order valence-corrected chi connectivity index (χ3v) is 2.62. The summed E-state index contributed by atoms with van der Waals surface area (Å²) in [4.78, 5) is 2.03. The van der Waals surface area contributed by atoms with Gasteiger partial charge in [0.25, 0.3) is 0 Å². The lowest BCUT2D eigenvalue weighted by atomic mass is 10.1. The van der Waals surface area contributed by atoms with Crippen LogP contribution in [0.1, 0.15) is 5.56 Å². The van der Waals surface area contributed by atoms with Crippen LogP contribution in [0.5, 0.6) is 0 Å². The highest BCUT2D eigenvalue weighted by atomic mass is 19.2. The zero-order valence-electron chi connectivity index (χ0n) is 10.00. The summed E-state index contributed by atoms with van der Waals surface area (Å²) < 4.78 is 25.6. The molecule has 96 valence electrons. The van der Waals surface area contributed by atoms with Crippen molar-refractivity contribution in [3.05, 3.63) is 35.4 Å². The van der Waals surface area contributed by atoms with E-state index in [0.29, 0.717) is 19.5 Å². The van der Waals surface area contributed by atoms with E-state index < -0.39 is 11.6 Å². The van der Waals surface area contributed by atoms with E-state index in [1.807, 2.05) is 11.9 Å². The van der Waals surface area contributed by atoms with E-state index in [-0.39, 0.29) is 6.04 Å². The minimum atomic E-state index is -0.813. The molecule has 0 radical (unpaired) electrons. The molecule has 1 aromatic rings. The number of hydrogen-bond donors (Lipinski definition) is 2. The van der Waals surface area contributed by atoms with Gasteiger partial charge in [0.1, 0.15) is 0 Å². The Morgan fingerprint density at radius 1 is 1.29 bits per heavy atom. The molecule has 1 rings (SSSR count). The second-order valence-electron chi connectivity index (χ2n) is 4.26. The standard InChI is InChI=1S/C12H19F2N3/c1-17(8-10(16)7-15)5-4-9-2-3-11(13)12(14)6-9/h2-3,6,10H,4-5,7-8,15-16H2,1H3. The third-order valence-electron chi connectivity index (χ3n) is 2.62. The summed E-state index contributed by atoms with van der Waals surface area (Å²) in [6, 6.07) is 3.92. The quantitative estimate of drug-likeness (QED) is 0.774. The molecule has 4 N–H and O–H groups in total. The van der Waals surface area contributed by atoms with Crippen LogP contribution in [0.4, 0.5) is 8.78 Å². The van der Waals surface area contributed by atoms with Crippen molar-refractivity contribution in [2.45, 2.75) is 12.5 Å². The van der Waals surface area contributed by atoms with Gasteiger partial charge in [0, 0.05) is 25.7 Å². The van der Waals surface area contributed by atoms with E-state index in [4.69, 9.17) is 11.5 Å². The topological polar surface area (TPSA) is 55.3 Å². The molecule has 1 unspecified atom stereocenters. The first-order valence-electron chi connectivity index (χ1n) is 5.61. The van der Waals surface area contributed by atoms with Crippen LogP contribution < -0.4 is 11.5 Å². The van der Waals surface area contributed by atoms with Gasteiger partial charge in [-0.05, 0) is 31.2 Å². The Kier molecular flexibility index (Phi) is 5.47. The van der Waals surface area contributed by atoms with Crippen LogP contribution in [0, 0.1) is 11.6 Å². The first-order valence-corrected chi connectivity index (χ1v) is 5.61. The molecule has 3 nitrogen and oxygen atoms in total. The number of benzene rings is 1. The van der Waals surface area contributed by atoms with Crippen LogP contribution in [0.3, 0.4) is 0 Å². The Morgan fingerprint density at radius 3 is 2.59 bits per heavy atom. The number of hydrogen-bond acceptors (Lipinski definition) is 3. The van der Waals surface area contributed by atoms with Gasteiger partial charge in [-0.1, -0.05) is 6.07 Å². The maximum atomic E-state index is 12.9. The van der Waals surface area contributed by atoms with Crippen molar-refractivity contribution in [2.75, 3.05) is 26.7 Å². The van der Waals surface area contributed by atoms with Crippen LogP contribution >= 0.6 is 0 Å². The van der Waals surface area contributed by atoms with Gasteiger partial charge in [-0.3, -0.25) is 0 Å². The molecule has 0 bridgehead atoms. The number of nitrogens with zero attached hydrogens (tertiary/aromatic N) is 1. The highest BCUT2D eigenvalue weighted by molar-refractivity contribution is 5.18. The maximum Gasteiger partial charge on any atom is 0.159 e. The predicted octanol–water partition coefficient (Wildman–Crippen LogP) is 0.725. The highest BCUT2D eigenvalue weighted by Crippen LogP contribution is 2.09. The van der Waals surface area contributed by atoms with E-state index in [2.05, 4.69) is 0 Å². The molecule has 0 saturated carbocycles. The van der Waals surface area contributed by atoms with Crippen molar-refractivity contribution in [1.29, 1.82) is 0 Å². The normalized spacial score (nSPS) is 13.1. The second kappa shape index (κ2) is 6.64.